The van der Waals surface area contributed by atoms with Crippen molar-refractivity contribution in [1.29, 1.82) is 0 Å². The van der Waals surface area contributed by atoms with Crippen molar-refractivity contribution in [3.63, 3.8) is 0 Å². The van der Waals surface area contributed by atoms with Gasteiger partial charge in [-0.1, -0.05) is 0 Å². The largest absolute Gasteiger partial charge is 0.293 e. The van der Waals surface area contributed by atoms with Crippen LogP contribution in [0.15, 0.2) is 17.1 Å². The Morgan fingerprint density at radius 3 is 3.05 bits per heavy atom. The molecule has 2 aromatic heterocycles. The SMILES string of the molecule is Cc1ncc(CN2CCc3nn(C)c(=O)cc3C2)s1. The summed E-state index contributed by atoms with van der Waals surface area (Å²) in [6.45, 7) is 4.71. The van der Waals surface area contributed by atoms with Gasteiger partial charge in [0.25, 0.3) is 5.56 Å². The molecule has 0 bridgehead atoms. The first-order valence-corrected chi connectivity index (χ1v) is 7.13. The number of aromatic nitrogens is 3. The van der Waals surface area contributed by atoms with E-state index in [1.54, 1.807) is 24.5 Å². The maximum Gasteiger partial charge on any atom is 0.266 e. The Bertz CT molecular complexity index is 661. The second-order valence-corrected chi connectivity index (χ2v) is 6.20. The van der Waals surface area contributed by atoms with Crippen LogP contribution in [0.4, 0.5) is 0 Å². The van der Waals surface area contributed by atoms with Gasteiger partial charge in [-0.05, 0) is 12.5 Å². The van der Waals surface area contributed by atoms with Crippen molar-refractivity contribution in [2.24, 2.45) is 7.05 Å². The zero-order valence-electron chi connectivity index (χ0n) is 11.1. The van der Waals surface area contributed by atoms with Crippen LogP contribution in [0.1, 0.15) is 21.1 Å². The van der Waals surface area contributed by atoms with E-state index in [-0.39, 0.29) is 5.56 Å². The molecular formula is C13H16N4OS. The summed E-state index contributed by atoms with van der Waals surface area (Å²) in [5.41, 5.74) is 2.09. The van der Waals surface area contributed by atoms with Gasteiger partial charge in [-0.2, -0.15) is 5.10 Å². The molecular weight excluding hydrogens is 260 g/mol. The van der Waals surface area contributed by atoms with E-state index < -0.39 is 0 Å². The molecule has 3 rings (SSSR count). The number of thiazole rings is 1. The predicted molar refractivity (Wildman–Crippen MR) is 74.1 cm³/mol. The van der Waals surface area contributed by atoms with Crippen LogP contribution in [0.2, 0.25) is 0 Å². The molecule has 100 valence electrons. The summed E-state index contributed by atoms with van der Waals surface area (Å²) in [6.07, 6.45) is 2.85. The van der Waals surface area contributed by atoms with E-state index in [0.29, 0.717) is 0 Å². The molecule has 0 radical (unpaired) electrons. The van der Waals surface area contributed by atoms with E-state index >= 15 is 0 Å². The molecule has 0 N–H and O–H groups in total. The topological polar surface area (TPSA) is 51.0 Å². The number of nitrogens with zero attached hydrogens (tertiary/aromatic N) is 4. The lowest BCUT2D eigenvalue weighted by Crippen LogP contribution is -2.33. The maximum absolute atomic E-state index is 11.6. The Morgan fingerprint density at radius 2 is 2.32 bits per heavy atom. The van der Waals surface area contributed by atoms with Crippen LogP contribution in [-0.2, 0) is 26.6 Å². The van der Waals surface area contributed by atoms with E-state index in [9.17, 15) is 4.79 Å². The van der Waals surface area contributed by atoms with E-state index in [0.717, 1.165) is 42.3 Å². The van der Waals surface area contributed by atoms with Gasteiger partial charge in [0, 0.05) is 50.2 Å². The zero-order valence-corrected chi connectivity index (χ0v) is 11.9. The second kappa shape index (κ2) is 4.86. The molecule has 0 saturated carbocycles. The number of hydrogen-bond acceptors (Lipinski definition) is 5. The summed E-state index contributed by atoms with van der Waals surface area (Å²) in [6, 6.07) is 1.71. The standard InChI is InChI=1S/C13H16N4OS/c1-9-14-6-11(19-9)8-17-4-3-12-10(7-17)5-13(18)16(2)15-12/h5-6H,3-4,7-8H2,1-2H3. The third-order valence-electron chi connectivity index (χ3n) is 3.37. The first-order chi connectivity index (χ1) is 9.11. The lowest BCUT2D eigenvalue weighted by molar-refractivity contribution is 0.243. The number of hydrogen-bond donors (Lipinski definition) is 0. The van der Waals surface area contributed by atoms with Gasteiger partial charge in [0.15, 0.2) is 0 Å². The summed E-state index contributed by atoms with van der Waals surface area (Å²) in [5.74, 6) is 0. The van der Waals surface area contributed by atoms with Gasteiger partial charge in [0.1, 0.15) is 0 Å². The van der Waals surface area contributed by atoms with Crippen molar-refractivity contribution in [1.82, 2.24) is 19.7 Å². The maximum atomic E-state index is 11.6. The van der Waals surface area contributed by atoms with E-state index in [1.807, 2.05) is 13.1 Å². The fraction of sp³-hybridized carbons (Fsp3) is 0.462. The monoisotopic (exact) mass is 276 g/mol. The average Bonchev–Trinajstić information content (AvgIpc) is 2.77. The molecule has 0 spiro atoms. The fourth-order valence-corrected chi connectivity index (χ4v) is 3.22. The van der Waals surface area contributed by atoms with Crippen LogP contribution in [0, 0.1) is 6.92 Å². The van der Waals surface area contributed by atoms with Gasteiger partial charge in [0.05, 0.1) is 10.7 Å². The summed E-state index contributed by atoms with van der Waals surface area (Å²) < 4.78 is 1.42. The van der Waals surface area contributed by atoms with Crippen molar-refractivity contribution >= 4 is 11.3 Å². The lowest BCUT2D eigenvalue weighted by Gasteiger charge is -2.27. The average molecular weight is 276 g/mol. The quantitative estimate of drug-likeness (QED) is 0.824. The van der Waals surface area contributed by atoms with Crippen molar-refractivity contribution in [3.8, 4) is 0 Å². The van der Waals surface area contributed by atoms with E-state index in [4.69, 9.17) is 0 Å². The van der Waals surface area contributed by atoms with Crippen molar-refractivity contribution in [3.05, 3.63) is 43.8 Å². The highest BCUT2D eigenvalue weighted by Gasteiger charge is 2.19. The highest BCUT2D eigenvalue weighted by molar-refractivity contribution is 7.11. The minimum Gasteiger partial charge on any atom is -0.293 e. The molecule has 5 nitrogen and oxygen atoms in total. The van der Waals surface area contributed by atoms with E-state index in [1.165, 1.54) is 9.56 Å². The highest BCUT2D eigenvalue weighted by atomic mass is 32.1. The minimum atomic E-state index is -0.0331. The lowest BCUT2D eigenvalue weighted by atomic mass is 10.1. The third kappa shape index (κ3) is 2.59. The number of rotatable bonds is 2. The summed E-state index contributed by atoms with van der Waals surface area (Å²) in [5, 5.41) is 5.43. The Hall–Kier alpha value is -1.53. The van der Waals surface area contributed by atoms with Crippen molar-refractivity contribution in [2.75, 3.05) is 6.54 Å². The van der Waals surface area contributed by atoms with Gasteiger partial charge in [-0.15, -0.1) is 11.3 Å². The molecule has 3 heterocycles. The Labute approximate surface area is 115 Å². The van der Waals surface area contributed by atoms with Gasteiger partial charge in [-0.25, -0.2) is 9.67 Å². The first-order valence-electron chi connectivity index (χ1n) is 6.31. The molecule has 1 aliphatic heterocycles. The zero-order chi connectivity index (χ0) is 13.4. The molecule has 1 aliphatic rings. The molecule has 0 amide bonds. The minimum absolute atomic E-state index is 0.0331. The summed E-state index contributed by atoms with van der Waals surface area (Å²) >= 11 is 1.73. The fourth-order valence-electron chi connectivity index (χ4n) is 2.39. The van der Waals surface area contributed by atoms with Crippen LogP contribution >= 0.6 is 11.3 Å². The summed E-state index contributed by atoms with van der Waals surface area (Å²) in [4.78, 5) is 19.5. The molecule has 0 aliphatic carbocycles. The van der Waals surface area contributed by atoms with Crippen molar-refractivity contribution < 1.29 is 0 Å². The van der Waals surface area contributed by atoms with Gasteiger partial charge in [0.2, 0.25) is 0 Å². The van der Waals surface area contributed by atoms with Gasteiger partial charge < -0.3 is 0 Å². The van der Waals surface area contributed by atoms with Crippen LogP contribution in [0.5, 0.6) is 0 Å². The van der Waals surface area contributed by atoms with Crippen LogP contribution < -0.4 is 5.56 Å². The molecule has 19 heavy (non-hydrogen) atoms. The molecule has 0 fully saturated rings. The number of aryl methyl sites for hydroxylation is 2. The van der Waals surface area contributed by atoms with E-state index in [2.05, 4.69) is 15.0 Å². The normalized spacial score (nSPS) is 15.5. The van der Waals surface area contributed by atoms with Crippen LogP contribution in [-0.4, -0.2) is 26.2 Å². The third-order valence-corrected chi connectivity index (χ3v) is 4.26. The first kappa shape index (κ1) is 12.5. The Morgan fingerprint density at radius 1 is 1.47 bits per heavy atom. The second-order valence-electron chi connectivity index (χ2n) is 4.88. The molecule has 0 aromatic carbocycles. The molecule has 0 atom stereocenters. The summed E-state index contributed by atoms with van der Waals surface area (Å²) in [7, 11) is 1.70. The molecule has 0 unspecified atom stereocenters. The number of fused-ring (bicyclic) bond motifs is 1. The molecule has 0 saturated heterocycles. The van der Waals surface area contributed by atoms with Crippen molar-refractivity contribution in [2.45, 2.75) is 26.4 Å². The van der Waals surface area contributed by atoms with Gasteiger partial charge >= 0.3 is 0 Å². The van der Waals surface area contributed by atoms with Gasteiger partial charge in [-0.3, -0.25) is 9.69 Å². The molecule has 6 heteroatoms. The molecule has 2 aromatic rings. The Kier molecular flexibility index (Phi) is 3.20. The Balaban J connectivity index is 1.78. The predicted octanol–water partition coefficient (Wildman–Crippen LogP) is 1.10. The highest BCUT2D eigenvalue weighted by Crippen LogP contribution is 2.20. The smallest absolute Gasteiger partial charge is 0.266 e. The van der Waals surface area contributed by atoms with Crippen LogP contribution in [0.3, 0.4) is 0 Å². The van der Waals surface area contributed by atoms with Crippen LogP contribution in [0.25, 0.3) is 0 Å².